The minimum Gasteiger partial charge on any atom is -0.273 e. The van der Waals surface area contributed by atoms with Crippen molar-refractivity contribution in [3.05, 3.63) is 18.5 Å². The summed E-state index contributed by atoms with van der Waals surface area (Å²) in [5.41, 5.74) is 0. The molecule has 4 nitrogen and oxygen atoms in total. The molecule has 0 N–H and O–H groups in total. The van der Waals surface area contributed by atoms with E-state index < -0.39 is 16.0 Å². The van der Waals surface area contributed by atoms with Crippen LogP contribution >= 0.6 is 0 Å². The number of hydrogen-bond donors (Lipinski definition) is 0. The van der Waals surface area contributed by atoms with Gasteiger partial charge >= 0.3 is 10.2 Å². The molecule has 1 heterocycles. The predicted molar refractivity (Wildman–Crippen MR) is 41.7 cm³/mol. The second kappa shape index (κ2) is 3.66. The Morgan fingerprint density at radius 2 is 2.25 bits per heavy atom. The van der Waals surface area contributed by atoms with E-state index in [9.17, 15) is 12.3 Å². The lowest BCUT2D eigenvalue weighted by molar-refractivity contribution is 0.538. The highest BCUT2D eigenvalue weighted by Gasteiger charge is 2.05. The Kier molecular flexibility index (Phi) is 2.80. The van der Waals surface area contributed by atoms with Crippen molar-refractivity contribution >= 4 is 10.2 Å². The zero-order valence-electron chi connectivity index (χ0n) is 6.35. The van der Waals surface area contributed by atoms with Crippen molar-refractivity contribution in [1.29, 1.82) is 0 Å². The molecule has 12 heavy (non-hydrogen) atoms. The van der Waals surface area contributed by atoms with Gasteiger partial charge in [-0.2, -0.15) is 13.5 Å². The second-order valence-electron chi connectivity index (χ2n) is 2.37. The number of aryl methyl sites for hydroxylation is 1. The Bertz CT molecular complexity index is 319. The van der Waals surface area contributed by atoms with Gasteiger partial charge in [0.25, 0.3) is 0 Å². The first-order valence-electron chi connectivity index (χ1n) is 3.48. The molecule has 6 heteroatoms. The molecular formula is C6H9FN2O2S. The monoisotopic (exact) mass is 192 g/mol. The van der Waals surface area contributed by atoms with Crippen LogP contribution in [-0.4, -0.2) is 24.0 Å². The molecule has 0 spiro atoms. The summed E-state index contributed by atoms with van der Waals surface area (Å²) in [5.74, 6) is -0.438. The van der Waals surface area contributed by atoms with Gasteiger partial charge in [-0.25, -0.2) is 0 Å². The molecule has 0 saturated heterocycles. The van der Waals surface area contributed by atoms with E-state index in [0.29, 0.717) is 6.54 Å². The third kappa shape index (κ3) is 3.47. The molecule has 0 atom stereocenters. The highest BCUT2D eigenvalue weighted by atomic mass is 32.3. The first-order chi connectivity index (χ1) is 5.58. The van der Waals surface area contributed by atoms with Gasteiger partial charge in [0.05, 0.1) is 5.75 Å². The van der Waals surface area contributed by atoms with Crippen LogP contribution in [0.15, 0.2) is 18.5 Å². The number of halogens is 1. The Morgan fingerprint density at radius 3 is 2.75 bits per heavy atom. The molecule has 0 bridgehead atoms. The Balaban J connectivity index is 2.29. The van der Waals surface area contributed by atoms with Gasteiger partial charge in [-0.1, -0.05) is 0 Å². The van der Waals surface area contributed by atoms with Crippen molar-refractivity contribution in [3.8, 4) is 0 Å². The lowest BCUT2D eigenvalue weighted by atomic mass is 10.5. The maximum absolute atomic E-state index is 12.0. The van der Waals surface area contributed by atoms with E-state index in [2.05, 4.69) is 5.10 Å². The van der Waals surface area contributed by atoms with Crippen molar-refractivity contribution in [2.75, 3.05) is 5.75 Å². The van der Waals surface area contributed by atoms with Gasteiger partial charge in [0.1, 0.15) is 0 Å². The highest BCUT2D eigenvalue weighted by molar-refractivity contribution is 7.86. The first kappa shape index (κ1) is 9.18. The van der Waals surface area contributed by atoms with Crippen LogP contribution in [0.3, 0.4) is 0 Å². The molecule has 1 rings (SSSR count). The van der Waals surface area contributed by atoms with Gasteiger partial charge in [0, 0.05) is 18.9 Å². The Labute approximate surface area is 70.2 Å². The van der Waals surface area contributed by atoms with Crippen molar-refractivity contribution in [3.63, 3.8) is 0 Å². The highest BCUT2D eigenvalue weighted by Crippen LogP contribution is 1.96. The summed E-state index contributed by atoms with van der Waals surface area (Å²) in [5, 5.41) is 3.84. The number of hydrogen-bond acceptors (Lipinski definition) is 3. The van der Waals surface area contributed by atoms with E-state index in [0.717, 1.165) is 0 Å². The van der Waals surface area contributed by atoms with Crippen LogP contribution in [0, 0.1) is 0 Å². The van der Waals surface area contributed by atoms with Crippen molar-refractivity contribution in [2.24, 2.45) is 0 Å². The van der Waals surface area contributed by atoms with Crippen molar-refractivity contribution in [2.45, 2.75) is 13.0 Å². The summed E-state index contributed by atoms with van der Waals surface area (Å²) < 4.78 is 33.6. The minimum absolute atomic E-state index is 0.251. The molecule has 0 fully saturated rings. The molecule has 0 aliphatic heterocycles. The lowest BCUT2D eigenvalue weighted by Gasteiger charge is -1.97. The molecule has 0 saturated carbocycles. The standard InChI is InChI=1S/C6H9FN2O2S/c7-12(10,11)6-2-5-9-4-1-3-8-9/h1,3-4H,2,5-6H2. The normalized spacial score (nSPS) is 11.8. The Morgan fingerprint density at radius 1 is 1.50 bits per heavy atom. The molecule has 1 aromatic rings. The molecule has 0 aromatic carbocycles. The number of aromatic nitrogens is 2. The van der Waals surface area contributed by atoms with E-state index in [1.807, 2.05) is 0 Å². The van der Waals surface area contributed by atoms with E-state index in [4.69, 9.17) is 0 Å². The van der Waals surface area contributed by atoms with Gasteiger partial charge in [0.2, 0.25) is 0 Å². The summed E-state index contributed by atoms with van der Waals surface area (Å²) in [7, 11) is -4.32. The summed E-state index contributed by atoms with van der Waals surface area (Å²) in [6, 6.07) is 1.73. The predicted octanol–water partition coefficient (Wildman–Crippen LogP) is 0.573. The van der Waals surface area contributed by atoms with Crippen LogP contribution in [0.1, 0.15) is 6.42 Å². The van der Waals surface area contributed by atoms with Gasteiger partial charge in [-0.15, -0.1) is 3.89 Å². The third-order valence-electron chi connectivity index (χ3n) is 1.33. The SMILES string of the molecule is O=S(=O)(F)CCCn1cccn1. The van der Waals surface area contributed by atoms with Crippen LogP contribution in [-0.2, 0) is 16.8 Å². The van der Waals surface area contributed by atoms with Gasteiger partial charge in [-0.3, -0.25) is 4.68 Å². The summed E-state index contributed by atoms with van der Waals surface area (Å²) in [6.45, 7) is 0.427. The molecule has 0 amide bonds. The zero-order valence-corrected chi connectivity index (χ0v) is 7.17. The van der Waals surface area contributed by atoms with Crippen LogP contribution in [0.25, 0.3) is 0 Å². The average Bonchev–Trinajstić information content (AvgIpc) is 2.36. The minimum atomic E-state index is -4.32. The van der Waals surface area contributed by atoms with E-state index >= 15 is 0 Å². The van der Waals surface area contributed by atoms with Gasteiger partial charge < -0.3 is 0 Å². The Hall–Kier alpha value is -0.910. The van der Waals surface area contributed by atoms with Crippen LogP contribution in [0.2, 0.25) is 0 Å². The van der Waals surface area contributed by atoms with Crippen molar-refractivity contribution < 1.29 is 12.3 Å². The lowest BCUT2D eigenvalue weighted by Crippen LogP contribution is -2.05. The summed E-state index contributed by atoms with van der Waals surface area (Å²) >= 11 is 0. The molecule has 0 aliphatic carbocycles. The molecule has 0 aliphatic rings. The average molecular weight is 192 g/mol. The topological polar surface area (TPSA) is 52.0 Å². The number of rotatable bonds is 4. The first-order valence-corrected chi connectivity index (χ1v) is 5.03. The van der Waals surface area contributed by atoms with Crippen molar-refractivity contribution in [1.82, 2.24) is 9.78 Å². The second-order valence-corrected chi connectivity index (χ2v) is 3.85. The van der Waals surface area contributed by atoms with Gasteiger partial charge in [-0.05, 0) is 12.5 Å². The summed E-state index contributed by atoms with van der Waals surface area (Å²) in [4.78, 5) is 0. The van der Waals surface area contributed by atoms with Crippen LogP contribution in [0.5, 0.6) is 0 Å². The van der Waals surface area contributed by atoms with Crippen LogP contribution < -0.4 is 0 Å². The summed E-state index contributed by atoms with van der Waals surface area (Å²) in [6.07, 6.45) is 3.54. The largest absolute Gasteiger partial charge is 0.302 e. The number of nitrogens with zero attached hydrogens (tertiary/aromatic N) is 2. The quantitative estimate of drug-likeness (QED) is 0.655. The molecular weight excluding hydrogens is 183 g/mol. The fraction of sp³-hybridized carbons (Fsp3) is 0.500. The van der Waals surface area contributed by atoms with E-state index in [-0.39, 0.29) is 6.42 Å². The van der Waals surface area contributed by atoms with E-state index in [1.165, 1.54) is 0 Å². The van der Waals surface area contributed by atoms with E-state index in [1.54, 1.807) is 23.1 Å². The maximum Gasteiger partial charge on any atom is 0.302 e. The fourth-order valence-corrected chi connectivity index (χ4v) is 1.31. The van der Waals surface area contributed by atoms with Crippen LogP contribution in [0.4, 0.5) is 3.89 Å². The fourth-order valence-electron chi connectivity index (χ4n) is 0.832. The van der Waals surface area contributed by atoms with Gasteiger partial charge in [0.15, 0.2) is 0 Å². The molecule has 0 radical (unpaired) electrons. The third-order valence-corrected chi connectivity index (χ3v) is 2.11. The molecule has 0 unspecified atom stereocenters. The maximum atomic E-state index is 12.0. The molecule has 1 aromatic heterocycles. The molecule has 68 valence electrons. The zero-order chi connectivity index (χ0) is 9.03. The smallest absolute Gasteiger partial charge is 0.273 e.